The summed E-state index contributed by atoms with van der Waals surface area (Å²) in [6, 6.07) is 5.05. The molecule has 182 valence electrons. The van der Waals surface area contributed by atoms with Crippen molar-refractivity contribution < 1.29 is 27.8 Å². The fourth-order valence-corrected chi connectivity index (χ4v) is 3.60. The van der Waals surface area contributed by atoms with Crippen LogP contribution in [0.15, 0.2) is 24.4 Å². The van der Waals surface area contributed by atoms with Gasteiger partial charge in [-0.15, -0.1) is 0 Å². The summed E-state index contributed by atoms with van der Waals surface area (Å²) in [5, 5.41) is 16.2. The molecule has 1 N–H and O–H groups in total. The fourth-order valence-electron chi connectivity index (χ4n) is 3.60. The lowest BCUT2D eigenvalue weighted by Crippen LogP contribution is -2.47. The van der Waals surface area contributed by atoms with E-state index in [2.05, 4.69) is 10.4 Å². The SMILES string of the molecule is CNC(=O)c1ccc(OCc2cnn(C3CCN(C(=O)OC(C)(C)C)C[C@H]3F)c2C#N)c(F)c1. The number of carbonyl (C=O) groups is 2. The van der Waals surface area contributed by atoms with Gasteiger partial charge in [0, 0.05) is 24.7 Å². The highest BCUT2D eigenvalue weighted by atomic mass is 19.1. The largest absolute Gasteiger partial charge is 0.486 e. The molecule has 1 aromatic heterocycles. The number of halogens is 2. The molecule has 11 heteroatoms. The first kappa shape index (κ1) is 25.0. The predicted octanol–water partition coefficient (Wildman–Crippen LogP) is 3.35. The molecule has 9 nitrogen and oxygen atoms in total. The molecule has 0 saturated carbocycles. The molecule has 0 bridgehead atoms. The maximum absolute atomic E-state index is 15.0. The van der Waals surface area contributed by atoms with Crippen LogP contribution in [0.2, 0.25) is 0 Å². The van der Waals surface area contributed by atoms with Crippen molar-refractivity contribution >= 4 is 12.0 Å². The van der Waals surface area contributed by atoms with Gasteiger partial charge in [-0.1, -0.05) is 0 Å². The summed E-state index contributed by atoms with van der Waals surface area (Å²) >= 11 is 0. The van der Waals surface area contributed by atoms with Gasteiger partial charge in [0.2, 0.25) is 0 Å². The summed E-state index contributed by atoms with van der Waals surface area (Å²) in [7, 11) is 1.44. The van der Waals surface area contributed by atoms with Crippen LogP contribution in [-0.4, -0.2) is 58.6 Å². The molecule has 2 aromatic rings. The van der Waals surface area contributed by atoms with Crippen LogP contribution in [0.25, 0.3) is 0 Å². The van der Waals surface area contributed by atoms with E-state index in [1.807, 2.05) is 6.07 Å². The van der Waals surface area contributed by atoms with E-state index in [4.69, 9.17) is 9.47 Å². The van der Waals surface area contributed by atoms with E-state index in [9.17, 15) is 19.2 Å². The molecule has 1 fully saturated rings. The third-order valence-corrected chi connectivity index (χ3v) is 5.25. The highest BCUT2D eigenvalue weighted by molar-refractivity contribution is 5.94. The smallest absolute Gasteiger partial charge is 0.410 e. The number of nitrogens with one attached hydrogen (secondary N) is 1. The van der Waals surface area contributed by atoms with Crippen LogP contribution in [-0.2, 0) is 11.3 Å². The molecular formula is C23H27F2N5O4. The van der Waals surface area contributed by atoms with Crippen LogP contribution in [0.1, 0.15) is 54.8 Å². The van der Waals surface area contributed by atoms with Gasteiger partial charge < -0.3 is 19.7 Å². The van der Waals surface area contributed by atoms with Gasteiger partial charge in [0.1, 0.15) is 30.1 Å². The van der Waals surface area contributed by atoms with Crippen LogP contribution in [0.3, 0.4) is 0 Å². The number of carbonyl (C=O) groups excluding carboxylic acids is 2. The summed E-state index contributed by atoms with van der Waals surface area (Å²) in [5.41, 5.74) is -0.0864. The number of piperidine rings is 1. The highest BCUT2D eigenvalue weighted by Crippen LogP contribution is 2.29. The third kappa shape index (κ3) is 5.62. The van der Waals surface area contributed by atoms with E-state index >= 15 is 4.39 Å². The second-order valence-electron chi connectivity index (χ2n) is 8.89. The summed E-state index contributed by atoms with van der Waals surface area (Å²) in [5.74, 6) is -1.26. The normalized spacial score (nSPS) is 18.2. The molecule has 0 aliphatic carbocycles. The Kier molecular flexibility index (Phi) is 7.39. The van der Waals surface area contributed by atoms with Crippen molar-refractivity contribution in [2.45, 2.75) is 51.6 Å². The Labute approximate surface area is 196 Å². The summed E-state index contributed by atoms with van der Waals surface area (Å²) in [4.78, 5) is 25.2. The zero-order valence-corrected chi connectivity index (χ0v) is 19.5. The second-order valence-corrected chi connectivity index (χ2v) is 8.89. The Bertz CT molecular complexity index is 1110. The van der Waals surface area contributed by atoms with Gasteiger partial charge in [0.25, 0.3) is 5.91 Å². The van der Waals surface area contributed by atoms with Gasteiger partial charge in [-0.2, -0.15) is 10.4 Å². The summed E-state index contributed by atoms with van der Waals surface area (Å²) in [6.45, 7) is 5.10. The first-order valence-corrected chi connectivity index (χ1v) is 10.8. The lowest BCUT2D eigenvalue weighted by molar-refractivity contribution is 0.00567. The van der Waals surface area contributed by atoms with Crippen molar-refractivity contribution in [1.82, 2.24) is 20.0 Å². The number of amides is 2. The Morgan fingerprint density at radius 2 is 2.09 bits per heavy atom. The van der Waals surface area contributed by atoms with Crippen LogP contribution in [0.5, 0.6) is 5.75 Å². The van der Waals surface area contributed by atoms with Gasteiger partial charge in [0.05, 0.1) is 18.8 Å². The van der Waals surface area contributed by atoms with Crippen molar-refractivity contribution in [2.75, 3.05) is 20.1 Å². The molecule has 2 atom stereocenters. The predicted molar refractivity (Wildman–Crippen MR) is 117 cm³/mol. The second kappa shape index (κ2) is 10.1. The standard InChI is InChI=1S/C23H27F2N5O4/c1-23(2,3)34-22(32)29-8-7-18(17(25)12-29)30-19(10-26)15(11-28-30)13-33-20-6-5-14(9-16(20)24)21(31)27-4/h5-6,9,11,17-18H,7-8,12-13H2,1-4H3,(H,27,31)/t17-,18?/m1/s1. The van der Waals surface area contributed by atoms with E-state index < -0.39 is 35.6 Å². The molecule has 2 amide bonds. The first-order chi connectivity index (χ1) is 16.0. The van der Waals surface area contributed by atoms with E-state index in [1.54, 1.807) is 20.8 Å². The number of alkyl halides is 1. The lowest BCUT2D eigenvalue weighted by Gasteiger charge is -2.35. The third-order valence-electron chi connectivity index (χ3n) is 5.25. The van der Waals surface area contributed by atoms with Crippen LogP contribution in [0.4, 0.5) is 13.6 Å². The molecule has 1 aromatic carbocycles. The maximum atomic E-state index is 15.0. The van der Waals surface area contributed by atoms with Gasteiger partial charge in [0.15, 0.2) is 11.6 Å². The van der Waals surface area contributed by atoms with Crippen molar-refractivity contribution in [3.05, 3.63) is 47.0 Å². The summed E-state index contributed by atoms with van der Waals surface area (Å²) in [6.07, 6.45) is -0.431. The van der Waals surface area contributed by atoms with E-state index in [1.165, 1.54) is 35.0 Å². The Hall–Kier alpha value is -3.68. The monoisotopic (exact) mass is 475 g/mol. The fraction of sp³-hybridized carbons (Fsp3) is 0.478. The lowest BCUT2D eigenvalue weighted by atomic mass is 10.0. The number of aromatic nitrogens is 2. The molecule has 1 aliphatic heterocycles. The molecule has 2 heterocycles. The van der Waals surface area contributed by atoms with Crippen molar-refractivity contribution in [1.29, 1.82) is 5.26 Å². The molecule has 1 saturated heterocycles. The van der Waals surface area contributed by atoms with Crippen molar-refractivity contribution in [3.63, 3.8) is 0 Å². The van der Waals surface area contributed by atoms with E-state index in [-0.39, 0.29) is 43.1 Å². The molecule has 1 unspecified atom stereocenters. The number of likely N-dealkylation sites (tertiary alicyclic amines) is 1. The Balaban J connectivity index is 1.69. The van der Waals surface area contributed by atoms with Crippen LogP contribution < -0.4 is 10.1 Å². The molecule has 0 radical (unpaired) electrons. The van der Waals surface area contributed by atoms with E-state index in [0.29, 0.717) is 5.56 Å². The average molecular weight is 475 g/mol. The van der Waals surface area contributed by atoms with Gasteiger partial charge in [-0.3, -0.25) is 4.79 Å². The number of hydrogen-bond donors (Lipinski definition) is 1. The molecule has 3 rings (SSSR count). The van der Waals surface area contributed by atoms with Crippen molar-refractivity contribution in [2.24, 2.45) is 0 Å². The van der Waals surface area contributed by atoms with Gasteiger partial charge in [-0.25, -0.2) is 18.3 Å². The average Bonchev–Trinajstić information content (AvgIpc) is 3.18. The molecule has 1 aliphatic rings. The minimum atomic E-state index is -1.46. The number of nitrogens with zero attached hydrogens (tertiary/aromatic N) is 4. The number of hydrogen-bond acceptors (Lipinski definition) is 6. The number of rotatable bonds is 5. The zero-order chi connectivity index (χ0) is 25.0. The topological polar surface area (TPSA) is 109 Å². The number of ether oxygens (including phenoxy) is 2. The van der Waals surface area contributed by atoms with Gasteiger partial charge in [-0.05, 0) is 45.4 Å². The molecule has 0 spiro atoms. The van der Waals surface area contributed by atoms with Crippen LogP contribution >= 0.6 is 0 Å². The van der Waals surface area contributed by atoms with Crippen molar-refractivity contribution in [3.8, 4) is 11.8 Å². The quantitative estimate of drug-likeness (QED) is 0.710. The molecular weight excluding hydrogens is 448 g/mol. The highest BCUT2D eigenvalue weighted by Gasteiger charge is 2.36. The number of nitriles is 1. The molecule has 34 heavy (non-hydrogen) atoms. The van der Waals surface area contributed by atoms with Crippen LogP contribution in [0, 0.1) is 17.1 Å². The maximum Gasteiger partial charge on any atom is 0.410 e. The summed E-state index contributed by atoms with van der Waals surface area (Å²) < 4.78 is 41.4. The Morgan fingerprint density at radius 1 is 1.35 bits per heavy atom. The number of benzene rings is 1. The first-order valence-electron chi connectivity index (χ1n) is 10.8. The minimum absolute atomic E-state index is 0.0979. The minimum Gasteiger partial charge on any atom is -0.486 e. The van der Waals surface area contributed by atoms with Gasteiger partial charge >= 0.3 is 6.09 Å². The Morgan fingerprint density at radius 3 is 2.68 bits per heavy atom. The van der Waals surface area contributed by atoms with E-state index in [0.717, 1.165) is 6.07 Å². The zero-order valence-electron chi connectivity index (χ0n) is 19.5.